The largest absolute Gasteiger partial charge is 0.484 e. The molecule has 1 N–H and O–H groups in total. The van der Waals surface area contributed by atoms with Crippen molar-refractivity contribution in [3.63, 3.8) is 0 Å². The molecule has 1 atom stereocenters. The quantitative estimate of drug-likeness (QED) is 0.878. The first-order valence-corrected chi connectivity index (χ1v) is 6.95. The topological polar surface area (TPSA) is 76.1 Å². The second-order valence-electron chi connectivity index (χ2n) is 5.44. The Labute approximate surface area is 122 Å². The monoisotopic (exact) mass is 291 g/mol. The molecule has 0 bridgehead atoms. The van der Waals surface area contributed by atoms with Crippen LogP contribution in [0.15, 0.2) is 18.2 Å². The molecular weight excluding hydrogens is 274 g/mol. The van der Waals surface area contributed by atoms with Crippen molar-refractivity contribution in [3.8, 4) is 11.5 Å². The highest BCUT2D eigenvalue weighted by Gasteiger charge is 2.30. The molecule has 112 valence electrons. The van der Waals surface area contributed by atoms with Crippen LogP contribution >= 0.6 is 0 Å². The number of carboxylic acid groups (broad SMARTS) is 1. The van der Waals surface area contributed by atoms with Crippen LogP contribution in [0.1, 0.15) is 18.4 Å². The Hall–Kier alpha value is -2.24. The van der Waals surface area contributed by atoms with Crippen LogP contribution in [-0.2, 0) is 16.0 Å². The Kier molecular flexibility index (Phi) is 3.45. The van der Waals surface area contributed by atoms with Crippen LogP contribution < -0.4 is 9.47 Å². The highest BCUT2D eigenvalue weighted by molar-refractivity contribution is 5.78. The standard InChI is InChI=1S/C15H17NO5/c1-16(10-3-4-10)14(17)8-20-11-5-2-9-6-13(15(18)19)21-12(9)7-11/h2,5,7,10,13H,3-4,6,8H2,1H3,(H,18,19). The third kappa shape index (κ3) is 2.94. The summed E-state index contributed by atoms with van der Waals surface area (Å²) in [5, 5.41) is 8.94. The van der Waals surface area contributed by atoms with Crippen molar-refractivity contribution < 1.29 is 24.2 Å². The average Bonchev–Trinajstić information content (AvgIpc) is 3.22. The summed E-state index contributed by atoms with van der Waals surface area (Å²) in [6, 6.07) is 5.52. The molecule has 0 radical (unpaired) electrons. The summed E-state index contributed by atoms with van der Waals surface area (Å²) in [6.45, 7) is -0.0197. The summed E-state index contributed by atoms with van der Waals surface area (Å²) in [4.78, 5) is 24.5. The van der Waals surface area contributed by atoms with E-state index in [2.05, 4.69) is 0 Å². The number of carbonyl (C=O) groups excluding carboxylic acids is 1. The fourth-order valence-corrected chi connectivity index (χ4v) is 2.35. The zero-order chi connectivity index (χ0) is 15.0. The zero-order valence-corrected chi connectivity index (χ0v) is 11.7. The van der Waals surface area contributed by atoms with E-state index in [4.69, 9.17) is 14.6 Å². The lowest BCUT2D eigenvalue weighted by molar-refractivity contribution is -0.144. The maximum Gasteiger partial charge on any atom is 0.345 e. The highest BCUT2D eigenvalue weighted by Crippen LogP contribution is 2.32. The number of aliphatic carboxylic acids is 1. The Bertz CT molecular complexity index is 581. The van der Waals surface area contributed by atoms with E-state index in [-0.39, 0.29) is 12.5 Å². The van der Waals surface area contributed by atoms with Gasteiger partial charge in [0.15, 0.2) is 12.7 Å². The first kappa shape index (κ1) is 13.7. The van der Waals surface area contributed by atoms with Crippen LogP contribution in [0.5, 0.6) is 11.5 Å². The first-order chi connectivity index (χ1) is 10.0. The van der Waals surface area contributed by atoms with Crippen LogP contribution in [0.3, 0.4) is 0 Å². The van der Waals surface area contributed by atoms with E-state index >= 15 is 0 Å². The molecular formula is C15H17NO5. The molecule has 21 heavy (non-hydrogen) atoms. The fraction of sp³-hybridized carbons (Fsp3) is 0.467. The average molecular weight is 291 g/mol. The third-order valence-electron chi connectivity index (χ3n) is 3.84. The van der Waals surface area contributed by atoms with Gasteiger partial charge in [0.05, 0.1) is 0 Å². The van der Waals surface area contributed by atoms with Crippen molar-refractivity contribution in [1.29, 1.82) is 0 Å². The molecule has 0 spiro atoms. The van der Waals surface area contributed by atoms with Crippen molar-refractivity contribution in [2.24, 2.45) is 0 Å². The van der Waals surface area contributed by atoms with Gasteiger partial charge in [-0.3, -0.25) is 4.79 Å². The summed E-state index contributed by atoms with van der Waals surface area (Å²) in [6.07, 6.45) is 1.64. The van der Waals surface area contributed by atoms with Gasteiger partial charge in [-0.1, -0.05) is 6.07 Å². The summed E-state index contributed by atoms with van der Waals surface area (Å²) < 4.78 is 10.8. The van der Waals surface area contributed by atoms with Gasteiger partial charge in [-0.2, -0.15) is 0 Å². The van der Waals surface area contributed by atoms with Crippen molar-refractivity contribution in [3.05, 3.63) is 23.8 Å². The molecule has 3 rings (SSSR count). The van der Waals surface area contributed by atoms with Crippen LogP contribution in [0.25, 0.3) is 0 Å². The molecule has 1 aliphatic carbocycles. The van der Waals surface area contributed by atoms with E-state index in [1.54, 1.807) is 30.1 Å². The molecule has 1 unspecified atom stereocenters. The lowest BCUT2D eigenvalue weighted by atomic mass is 10.1. The maximum absolute atomic E-state index is 11.9. The van der Waals surface area contributed by atoms with Gasteiger partial charge in [0.25, 0.3) is 5.91 Å². The van der Waals surface area contributed by atoms with Gasteiger partial charge >= 0.3 is 5.97 Å². The lowest BCUT2D eigenvalue weighted by Gasteiger charge is -2.16. The van der Waals surface area contributed by atoms with Crippen LogP contribution in [-0.4, -0.2) is 47.7 Å². The normalized spacial score (nSPS) is 19.6. The van der Waals surface area contributed by atoms with Gasteiger partial charge in [-0.25, -0.2) is 4.79 Å². The number of amides is 1. The minimum Gasteiger partial charge on any atom is -0.484 e. The van der Waals surface area contributed by atoms with E-state index in [0.29, 0.717) is 24.0 Å². The smallest absolute Gasteiger partial charge is 0.345 e. The van der Waals surface area contributed by atoms with Gasteiger partial charge < -0.3 is 19.5 Å². The van der Waals surface area contributed by atoms with Gasteiger partial charge in [-0.05, 0) is 24.5 Å². The number of ether oxygens (including phenoxy) is 2. The van der Waals surface area contributed by atoms with Crippen molar-refractivity contribution in [2.75, 3.05) is 13.7 Å². The summed E-state index contributed by atoms with van der Waals surface area (Å²) in [5.41, 5.74) is 0.844. The molecule has 2 aliphatic rings. The lowest BCUT2D eigenvalue weighted by Crippen LogP contribution is -2.33. The number of carboxylic acids is 1. The molecule has 1 amide bonds. The van der Waals surface area contributed by atoms with Crippen molar-refractivity contribution in [1.82, 2.24) is 4.90 Å². The highest BCUT2D eigenvalue weighted by atomic mass is 16.5. The van der Waals surface area contributed by atoms with Crippen molar-refractivity contribution >= 4 is 11.9 Å². The van der Waals surface area contributed by atoms with E-state index < -0.39 is 12.1 Å². The molecule has 6 heteroatoms. The summed E-state index contributed by atoms with van der Waals surface area (Å²) >= 11 is 0. The summed E-state index contributed by atoms with van der Waals surface area (Å²) in [5.74, 6) is -0.00235. The number of rotatable bonds is 5. The second-order valence-corrected chi connectivity index (χ2v) is 5.44. The molecule has 0 aromatic heterocycles. The SMILES string of the molecule is CN(C(=O)COc1ccc2c(c1)OC(C(=O)O)C2)C1CC1. The molecule has 1 heterocycles. The number of likely N-dealkylation sites (N-methyl/N-ethyl adjacent to an activating group) is 1. The van der Waals surface area contributed by atoms with Crippen LogP contribution in [0, 0.1) is 0 Å². The second kappa shape index (κ2) is 5.27. The Morgan fingerprint density at radius 2 is 2.19 bits per heavy atom. The Balaban J connectivity index is 1.59. The predicted octanol–water partition coefficient (Wildman–Crippen LogP) is 1.07. The third-order valence-corrected chi connectivity index (χ3v) is 3.84. The molecule has 1 saturated carbocycles. The van der Waals surface area contributed by atoms with Crippen LogP contribution in [0.2, 0.25) is 0 Å². The Morgan fingerprint density at radius 1 is 1.43 bits per heavy atom. The minimum atomic E-state index is -0.977. The number of benzene rings is 1. The number of hydrogen-bond acceptors (Lipinski definition) is 4. The molecule has 6 nitrogen and oxygen atoms in total. The molecule has 1 aromatic rings. The summed E-state index contributed by atoms with van der Waals surface area (Å²) in [7, 11) is 1.78. The van der Waals surface area contributed by atoms with E-state index in [0.717, 1.165) is 18.4 Å². The number of carbonyl (C=O) groups is 2. The van der Waals surface area contributed by atoms with E-state index in [9.17, 15) is 9.59 Å². The van der Waals surface area contributed by atoms with E-state index in [1.807, 2.05) is 0 Å². The number of hydrogen-bond donors (Lipinski definition) is 1. The molecule has 1 fully saturated rings. The Morgan fingerprint density at radius 3 is 2.86 bits per heavy atom. The fourth-order valence-electron chi connectivity index (χ4n) is 2.35. The van der Waals surface area contributed by atoms with Crippen LogP contribution in [0.4, 0.5) is 0 Å². The van der Waals surface area contributed by atoms with E-state index in [1.165, 1.54) is 0 Å². The van der Waals surface area contributed by atoms with Gasteiger partial charge in [-0.15, -0.1) is 0 Å². The molecule has 1 aromatic carbocycles. The zero-order valence-electron chi connectivity index (χ0n) is 11.7. The number of nitrogens with zero attached hydrogens (tertiary/aromatic N) is 1. The van der Waals surface area contributed by atoms with Gasteiger partial charge in [0.2, 0.25) is 0 Å². The predicted molar refractivity (Wildman–Crippen MR) is 73.5 cm³/mol. The molecule has 1 aliphatic heterocycles. The van der Waals surface area contributed by atoms with Crippen molar-refractivity contribution in [2.45, 2.75) is 31.4 Å². The maximum atomic E-state index is 11.9. The van der Waals surface area contributed by atoms with Gasteiger partial charge in [0.1, 0.15) is 11.5 Å². The first-order valence-electron chi connectivity index (χ1n) is 6.95. The van der Waals surface area contributed by atoms with Gasteiger partial charge in [0, 0.05) is 25.6 Å². The number of fused-ring (bicyclic) bond motifs is 1. The molecule has 0 saturated heterocycles. The minimum absolute atomic E-state index is 0.0197.